The average Bonchev–Trinajstić information content (AvgIpc) is 2.87. The first-order chi connectivity index (χ1) is 9.95. The third kappa shape index (κ3) is 3.75. The molecule has 0 aliphatic carbocycles. The number of hydrogen-bond acceptors (Lipinski definition) is 4. The van der Waals surface area contributed by atoms with Crippen LogP contribution in [0.25, 0.3) is 0 Å². The number of aromatic carboxylic acids is 1. The fourth-order valence-electron chi connectivity index (χ4n) is 1.70. The van der Waals surface area contributed by atoms with Gasteiger partial charge in [-0.25, -0.2) is 4.79 Å². The van der Waals surface area contributed by atoms with Crippen molar-refractivity contribution in [1.82, 2.24) is 9.78 Å². The Morgan fingerprint density at radius 1 is 1.19 bits per heavy atom. The summed E-state index contributed by atoms with van der Waals surface area (Å²) in [6.45, 7) is 1.37. The number of carboxylic acid groups (broad SMARTS) is 1. The lowest BCUT2D eigenvalue weighted by atomic mass is 10.1. The molecule has 1 aromatic carbocycles. The minimum Gasteiger partial charge on any atom is -0.476 e. The Hall–Kier alpha value is -2.96. The second-order valence-corrected chi connectivity index (χ2v) is 4.39. The Balaban J connectivity index is 1.97. The summed E-state index contributed by atoms with van der Waals surface area (Å²) in [7, 11) is 0. The maximum atomic E-state index is 11.8. The van der Waals surface area contributed by atoms with Gasteiger partial charge in [-0.05, 0) is 37.3 Å². The predicted molar refractivity (Wildman–Crippen MR) is 74.3 cm³/mol. The van der Waals surface area contributed by atoms with Gasteiger partial charge in [-0.2, -0.15) is 5.10 Å². The Morgan fingerprint density at radius 3 is 2.38 bits per heavy atom. The van der Waals surface area contributed by atoms with Gasteiger partial charge in [-0.3, -0.25) is 14.3 Å². The molecule has 2 N–H and O–H groups in total. The van der Waals surface area contributed by atoms with Crippen molar-refractivity contribution in [1.29, 1.82) is 0 Å². The van der Waals surface area contributed by atoms with Crippen molar-refractivity contribution in [2.45, 2.75) is 13.5 Å². The van der Waals surface area contributed by atoms with Crippen LogP contribution in [0.2, 0.25) is 0 Å². The number of carbonyl (C=O) groups is 3. The third-order valence-electron chi connectivity index (χ3n) is 2.74. The van der Waals surface area contributed by atoms with E-state index in [0.29, 0.717) is 11.3 Å². The van der Waals surface area contributed by atoms with Crippen molar-refractivity contribution in [3.05, 3.63) is 47.8 Å². The highest BCUT2D eigenvalue weighted by Crippen LogP contribution is 2.10. The fourth-order valence-corrected chi connectivity index (χ4v) is 1.70. The van der Waals surface area contributed by atoms with E-state index in [9.17, 15) is 14.4 Å². The fraction of sp³-hybridized carbons (Fsp3) is 0.143. The van der Waals surface area contributed by atoms with Crippen molar-refractivity contribution < 1.29 is 19.5 Å². The standard InChI is InChI=1S/C14H13N3O4/c1-9(18)10-2-4-11(5-3-10)15-13(19)8-17-7-6-12(16-17)14(20)21/h2-7H,8H2,1H3,(H,15,19)(H,20,21). The highest BCUT2D eigenvalue weighted by molar-refractivity contribution is 5.95. The van der Waals surface area contributed by atoms with Crippen molar-refractivity contribution in [3.63, 3.8) is 0 Å². The number of hydrogen-bond donors (Lipinski definition) is 2. The summed E-state index contributed by atoms with van der Waals surface area (Å²) in [6, 6.07) is 7.81. The predicted octanol–water partition coefficient (Wildman–Crippen LogP) is 1.42. The monoisotopic (exact) mass is 287 g/mol. The molecule has 1 heterocycles. The number of rotatable bonds is 5. The van der Waals surface area contributed by atoms with Crippen LogP contribution < -0.4 is 5.32 Å². The zero-order valence-electron chi connectivity index (χ0n) is 11.2. The maximum Gasteiger partial charge on any atom is 0.356 e. The number of ketones is 1. The molecule has 0 saturated heterocycles. The van der Waals surface area contributed by atoms with E-state index in [1.807, 2.05) is 0 Å². The molecule has 0 radical (unpaired) electrons. The quantitative estimate of drug-likeness (QED) is 0.810. The Kier molecular flexibility index (Phi) is 4.13. The molecule has 2 rings (SSSR count). The lowest BCUT2D eigenvalue weighted by Crippen LogP contribution is -2.19. The molecule has 1 aromatic heterocycles. The van der Waals surface area contributed by atoms with Gasteiger partial charge in [0, 0.05) is 17.4 Å². The van der Waals surface area contributed by atoms with Gasteiger partial charge in [0.25, 0.3) is 0 Å². The number of nitrogens with zero attached hydrogens (tertiary/aromatic N) is 2. The second-order valence-electron chi connectivity index (χ2n) is 4.39. The number of amides is 1. The topological polar surface area (TPSA) is 101 Å². The number of carbonyl (C=O) groups excluding carboxylic acids is 2. The van der Waals surface area contributed by atoms with Crippen LogP contribution in [0.3, 0.4) is 0 Å². The van der Waals surface area contributed by atoms with Gasteiger partial charge in [-0.15, -0.1) is 0 Å². The summed E-state index contributed by atoms with van der Waals surface area (Å²) in [4.78, 5) is 33.6. The van der Waals surface area contributed by atoms with Crippen LogP contribution >= 0.6 is 0 Å². The molecule has 0 unspecified atom stereocenters. The van der Waals surface area contributed by atoms with Crippen LogP contribution in [-0.4, -0.2) is 32.5 Å². The van der Waals surface area contributed by atoms with Crippen LogP contribution in [0, 0.1) is 0 Å². The average molecular weight is 287 g/mol. The van der Waals surface area contributed by atoms with E-state index in [-0.39, 0.29) is 23.9 Å². The number of carboxylic acids is 1. The Labute approximate surface area is 120 Å². The number of anilines is 1. The lowest BCUT2D eigenvalue weighted by Gasteiger charge is -2.06. The first-order valence-corrected chi connectivity index (χ1v) is 6.13. The SMILES string of the molecule is CC(=O)c1ccc(NC(=O)Cn2ccc(C(=O)O)n2)cc1. The summed E-state index contributed by atoms with van der Waals surface area (Å²) in [5, 5.41) is 15.1. The molecule has 1 amide bonds. The number of Topliss-reactive ketones (excluding diaryl/α,β-unsaturated/α-hetero) is 1. The molecule has 0 saturated carbocycles. The number of nitrogens with one attached hydrogen (secondary N) is 1. The first-order valence-electron chi connectivity index (χ1n) is 6.13. The molecular formula is C14H13N3O4. The second kappa shape index (κ2) is 6.00. The van der Waals surface area contributed by atoms with Gasteiger partial charge < -0.3 is 10.4 Å². The molecule has 0 bridgehead atoms. The summed E-state index contributed by atoms with van der Waals surface area (Å²) in [5.41, 5.74) is 0.996. The maximum absolute atomic E-state index is 11.8. The zero-order valence-corrected chi connectivity index (χ0v) is 11.2. The molecule has 0 aliphatic rings. The summed E-state index contributed by atoms with van der Waals surface area (Å²) in [6.07, 6.45) is 1.42. The molecule has 21 heavy (non-hydrogen) atoms. The van der Waals surface area contributed by atoms with Gasteiger partial charge in [0.05, 0.1) is 0 Å². The van der Waals surface area contributed by atoms with Gasteiger partial charge in [0.2, 0.25) is 5.91 Å². The third-order valence-corrected chi connectivity index (χ3v) is 2.74. The van der Waals surface area contributed by atoms with Crippen molar-refractivity contribution >= 4 is 23.3 Å². The molecule has 2 aromatic rings. The largest absolute Gasteiger partial charge is 0.476 e. The first kappa shape index (κ1) is 14.4. The van der Waals surface area contributed by atoms with E-state index in [1.165, 1.54) is 23.9 Å². The van der Waals surface area contributed by atoms with Crippen molar-refractivity contribution in [3.8, 4) is 0 Å². The van der Waals surface area contributed by atoms with Gasteiger partial charge in [0.15, 0.2) is 11.5 Å². The minimum atomic E-state index is -1.14. The van der Waals surface area contributed by atoms with Crippen molar-refractivity contribution in [2.24, 2.45) is 0 Å². The summed E-state index contributed by atoms with van der Waals surface area (Å²) < 4.78 is 1.24. The van der Waals surface area contributed by atoms with Crippen molar-refractivity contribution in [2.75, 3.05) is 5.32 Å². The van der Waals surface area contributed by atoms with Crippen LogP contribution in [0.4, 0.5) is 5.69 Å². The molecule has 108 valence electrons. The summed E-state index contributed by atoms with van der Waals surface area (Å²) in [5.74, 6) is -1.54. The number of aromatic nitrogens is 2. The molecule has 0 aliphatic heterocycles. The highest BCUT2D eigenvalue weighted by Gasteiger charge is 2.09. The molecular weight excluding hydrogens is 274 g/mol. The van der Waals surface area contributed by atoms with E-state index in [1.54, 1.807) is 24.3 Å². The minimum absolute atomic E-state index is 0.0504. The molecule has 0 fully saturated rings. The van der Waals surface area contributed by atoms with E-state index >= 15 is 0 Å². The van der Waals surface area contributed by atoms with Gasteiger partial charge in [-0.1, -0.05) is 0 Å². The summed E-state index contributed by atoms with van der Waals surface area (Å²) >= 11 is 0. The van der Waals surface area contributed by atoms with Crippen LogP contribution in [0.5, 0.6) is 0 Å². The number of benzene rings is 1. The van der Waals surface area contributed by atoms with Gasteiger partial charge in [0.1, 0.15) is 6.54 Å². The molecule has 0 spiro atoms. The normalized spacial score (nSPS) is 10.1. The van der Waals surface area contributed by atoms with E-state index in [4.69, 9.17) is 5.11 Å². The van der Waals surface area contributed by atoms with Crippen LogP contribution in [0.15, 0.2) is 36.5 Å². The van der Waals surface area contributed by atoms with Gasteiger partial charge >= 0.3 is 5.97 Å². The van der Waals surface area contributed by atoms with E-state index in [0.717, 1.165) is 0 Å². The Bertz CT molecular complexity index is 688. The molecule has 0 atom stereocenters. The zero-order chi connectivity index (χ0) is 15.4. The lowest BCUT2D eigenvalue weighted by molar-refractivity contribution is -0.116. The van der Waals surface area contributed by atoms with Crippen LogP contribution in [-0.2, 0) is 11.3 Å². The van der Waals surface area contributed by atoms with E-state index in [2.05, 4.69) is 10.4 Å². The van der Waals surface area contributed by atoms with E-state index < -0.39 is 5.97 Å². The highest BCUT2D eigenvalue weighted by atomic mass is 16.4. The molecule has 7 heteroatoms. The Morgan fingerprint density at radius 2 is 1.86 bits per heavy atom. The van der Waals surface area contributed by atoms with Crippen LogP contribution in [0.1, 0.15) is 27.8 Å². The smallest absolute Gasteiger partial charge is 0.356 e. The molecule has 7 nitrogen and oxygen atoms in total.